The Balaban J connectivity index is 1.73. The monoisotopic (exact) mass is 325 g/mol. The first-order valence-corrected chi connectivity index (χ1v) is 8.26. The number of fused-ring (bicyclic) bond motifs is 1. The van der Waals surface area contributed by atoms with Crippen molar-refractivity contribution in [3.05, 3.63) is 53.1 Å². The van der Waals surface area contributed by atoms with Crippen molar-refractivity contribution in [1.29, 1.82) is 0 Å². The average Bonchev–Trinajstić information content (AvgIpc) is 2.59. The molecule has 2 aromatic carbocycles. The van der Waals surface area contributed by atoms with E-state index in [1.807, 2.05) is 42.2 Å². The van der Waals surface area contributed by atoms with Crippen molar-refractivity contribution in [2.45, 2.75) is 26.7 Å². The van der Waals surface area contributed by atoms with Gasteiger partial charge in [-0.3, -0.25) is 4.79 Å². The minimum Gasteiger partial charge on any atom is -0.493 e. The van der Waals surface area contributed by atoms with Gasteiger partial charge >= 0.3 is 0 Å². The largest absolute Gasteiger partial charge is 0.493 e. The lowest BCUT2D eigenvalue weighted by Gasteiger charge is -2.29. The van der Waals surface area contributed by atoms with Crippen LogP contribution in [0.4, 0.5) is 5.69 Å². The van der Waals surface area contributed by atoms with Crippen LogP contribution < -0.4 is 14.4 Å². The summed E-state index contributed by atoms with van der Waals surface area (Å²) in [5.74, 6) is 1.22. The summed E-state index contributed by atoms with van der Waals surface area (Å²) in [6, 6.07) is 11.9. The number of hydrogen-bond acceptors (Lipinski definition) is 3. The molecular formula is C20H23NO3. The molecular weight excluding hydrogens is 302 g/mol. The molecule has 0 aliphatic carbocycles. The van der Waals surface area contributed by atoms with E-state index >= 15 is 0 Å². The Morgan fingerprint density at radius 2 is 1.83 bits per heavy atom. The molecule has 126 valence electrons. The second kappa shape index (κ2) is 6.95. The number of ether oxygens (including phenoxy) is 2. The van der Waals surface area contributed by atoms with E-state index in [2.05, 4.69) is 13.0 Å². The van der Waals surface area contributed by atoms with E-state index in [9.17, 15) is 4.79 Å². The van der Waals surface area contributed by atoms with Gasteiger partial charge < -0.3 is 14.4 Å². The fourth-order valence-corrected chi connectivity index (χ4v) is 3.10. The van der Waals surface area contributed by atoms with Crippen LogP contribution in [0.1, 0.15) is 23.1 Å². The molecule has 0 unspecified atom stereocenters. The highest BCUT2D eigenvalue weighted by Crippen LogP contribution is 2.30. The zero-order chi connectivity index (χ0) is 17.1. The number of carbonyl (C=O) groups is 1. The van der Waals surface area contributed by atoms with Gasteiger partial charge in [0.05, 0.1) is 7.11 Å². The second-order valence-corrected chi connectivity index (χ2v) is 6.22. The number of anilines is 1. The van der Waals surface area contributed by atoms with Crippen LogP contribution in [0.2, 0.25) is 0 Å². The van der Waals surface area contributed by atoms with Crippen molar-refractivity contribution >= 4 is 11.6 Å². The summed E-state index contributed by atoms with van der Waals surface area (Å²) in [7, 11) is 1.60. The van der Waals surface area contributed by atoms with Crippen molar-refractivity contribution in [2.24, 2.45) is 0 Å². The molecule has 0 bridgehead atoms. The van der Waals surface area contributed by atoms with Crippen LogP contribution in [0.3, 0.4) is 0 Å². The van der Waals surface area contributed by atoms with E-state index in [0.717, 1.165) is 30.6 Å². The molecule has 1 heterocycles. The normalized spacial score (nSPS) is 13.4. The second-order valence-electron chi connectivity index (χ2n) is 6.22. The van der Waals surface area contributed by atoms with Crippen molar-refractivity contribution in [3.63, 3.8) is 0 Å². The number of benzene rings is 2. The molecule has 1 amide bonds. The smallest absolute Gasteiger partial charge is 0.264 e. The zero-order valence-corrected chi connectivity index (χ0v) is 14.5. The Morgan fingerprint density at radius 1 is 1.08 bits per heavy atom. The molecule has 0 radical (unpaired) electrons. The SMILES string of the molecule is COc1cc(C)ccc1OCC(=O)N1CCCc2cc(C)ccc21. The highest BCUT2D eigenvalue weighted by Gasteiger charge is 2.23. The third-order valence-electron chi connectivity index (χ3n) is 4.32. The fourth-order valence-electron chi connectivity index (χ4n) is 3.10. The summed E-state index contributed by atoms with van der Waals surface area (Å²) in [4.78, 5) is 14.5. The van der Waals surface area contributed by atoms with Crippen LogP contribution in [0.5, 0.6) is 11.5 Å². The first-order valence-electron chi connectivity index (χ1n) is 8.26. The summed E-state index contributed by atoms with van der Waals surface area (Å²) < 4.78 is 11.0. The molecule has 0 saturated carbocycles. The lowest BCUT2D eigenvalue weighted by atomic mass is 9.99. The van der Waals surface area contributed by atoms with E-state index in [0.29, 0.717) is 11.5 Å². The van der Waals surface area contributed by atoms with Gasteiger partial charge in [-0.15, -0.1) is 0 Å². The number of rotatable bonds is 4. The highest BCUT2D eigenvalue weighted by molar-refractivity contribution is 5.95. The number of aryl methyl sites for hydroxylation is 3. The Morgan fingerprint density at radius 3 is 2.62 bits per heavy atom. The van der Waals surface area contributed by atoms with Gasteiger partial charge in [0.1, 0.15) is 0 Å². The average molecular weight is 325 g/mol. The van der Waals surface area contributed by atoms with Crippen molar-refractivity contribution in [2.75, 3.05) is 25.2 Å². The van der Waals surface area contributed by atoms with Crippen molar-refractivity contribution in [1.82, 2.24) is 0 Å². The highest BCUT2D eigenvalue weighted by atomic mass is 16.5. The van der Waals surface area contributed by atoms with Gasteiger partial charge in [-0.1, -0.05) is 23.8 Å². The lowest BCUT2D eigenvalue weighted by molar-refractivity contribution is -0.120. The number of hydrogen-bond donors (Lipinski definition) is 0. The van der Waals surface area contributed by atoms with Gasteiger partial charge in [0.15, 0.2) is 18.1 Å². The minimum atomic E-state index is -0.0255. The van der Waals surface area contributed by atoms with Crippen LogP contribution in [0, 0.1) is 13.8 Å². The Labute approximate surface area is 143 Å². The molecule has 0 aromatic heterocycles. The van der Waals surface area contributed by atoms with Gasteiger partial charge in [0.2, 0.25) is 0 Å². The van der Waals surface area contributed by atoms with Crippen LogP contribution in [0.25, 0.3) is 0 Å². The topological polar surface area (TPSA) is 38.8 Å². The summed E-state index contributed by atoms with van der Waals surface area (Å²) in [6.45, 7) is 4.81. The van der Waals surface area contributed by atoms with Crippen LogP contribution in [-0.4, -0.2) is 26.2 Å². The predicted octanol–water partition coefficient (Wildman–Crippen LogP) is 3.67. The first kappa shape index (κ1) is 16.4. The van der Waals surface area contributed by atoms with Crippen LogP contribution in [-0.2, 0) is 11.2 Å². The zero-order valence-electron chi connectivity index (χ0n) is 14.5. The van der Waals surface area contributed by atoms with Crippen molar-refractivity contribution in [3.8, 4) is 11.5 Å². The molecule has 0 spiro atoms. The lowest BCUT2D eigenvalue weighted by Crippen LogP contribution is -2.38. The predicted molar refractivity (Wildman–Crippen MR) is 95.1 cm³/mol. The van der Waals surface area contributed by atoms with E-state index < -0.39 is 0 Å². The Kier molecular flexibility index (Phi) is 4.74. The summed E-state index contributed by atoms with van der Waals surface area (Å²) in [5, 5.41) is 0. The van der Waals surface area contributed by atoms with E-state index in [-0.39, 0.29) is 12.5 Å². The maximum absolute atomic E-state index is 12.6. The van der Waals surface area contributed by atoms with Gasteiger partial charge in [-0.25, -0.2) is 0 Å². The maximum atomic E-state index is 12.6. The number of amides is 1. The van der Waals surface area contributed by atoms with Crippen LogP contribution in [0.15, 0.2) is 36.4 Å². The molecule has 4 heteroatoms. The number of nitrogens with zero attached hydrogens (tertiary/aromatic N) is 1. The maximum Gasteiger partial charge on any atom is 0.264 e. The summed E-state index contributed by atoms with van der Waals surface area (Å²) in [5.41, 5.74) is 4.56. The van der Waals surface area contributed by atoms with Gasteiger partial charge in [-0.05, 0) is 56.0 Å². The molecule has 24 heavy (non-hydrogen) atoms. The molecule has 0 N–H and O–H groups in total. The van der Waals surface area contributed by atoms with Gasteiger partial charge in [-0.2, -0.15) is 0 Å². The van der Waals surface area contributed by atoms with E-state index in [1.165, 1.54) is 11.1 Å². The molecule has 0 fully saturated rings. The standard InChI is InChI=1S/C20H23NO3/c1-14-6-8-17-16(11-14)5-4-10-21(17)20(22)13-24-18-9-7-15(2)12-19(18)23-3/h6-9,11-12H,4-5,10,13H2,1-3H3. The number of methoxy groups -OCH3 is 1. The van der Waals surface area contributed by atoms with Gasteiger partial charge in [0.25, 0.3) is 5.91 Å². The third kappa shape index (κ3) is 3.37. The van der Waals surface area contributed by atoms with E-state index in [4.69, 9.17) is 9.47 Å². The minimum absolute atomic E-state index is 0.00668. The molecule has 3 rings (SSSR count). The number of carbonyl (C=O) groups excluding carboxylic acids is 1. The molecule has 0 atom stereocenters. The first-order chi connectivity index (χ1) is 11.6. The Bertz CT molecular complexity index is 755. The van der Waals surface area contributed by atoms with Crippen molar-refractivity contribution < 1.29 is 14.3 Å². The fraction of sp³-hybridized carbons (Fsp3) is 0.350. The molecule has 2 aromatic rings. The quantitative estimate of drug-likeness (QED) is 0.861. The van der Waals surface area contributed by atoms with Crippen LogP contribution >= 0.6 is 0 Å². The third-order valence-corrected chi connectivity index (χ3v) is 4.32. The summed E-state index contributed by atoms with van der Waals surface area (Å²) in [6.07, 6.45) is 2.00. The molecule has 4 nitrogen and oxygen atoms in total. The summed E-state index contributed by atoms with van der Waals surface area (Å²) >= 11 is 0. The molecule has 1 aliphatic heterocycles. The van der Waals surface area contributed by atoms with E-state index in [1.54, 1.807) is 7.11 Å². The Hall–Kier alpha value is -2.49. The molecule has 0 saturated heterocycles. The molecule has 1 aliphatic rings. The van der Waals surface area contributed by atoms with Gasteiger partial charge in [0, 0.05) is 12.2 Å².